The predicted molar refractivity (Wildman–Crippen MR) is 78.6 cm³/mol. The van der Waals surface area contributed by atoms with E-state index in [1.54, 1.807) is 11.0 Å². The first-order chi connectivity index (χ1) is 9.20. The van der Waals surface area contributed by atoms with Crippen molar-refractivity contribution in [3.63, 3.8) is 0 Å². The van der Waals surface area contributed by atoms with E-state index >= 15 is 0 Å². The van der Waals surface area contributed by atoms with Crippen molar-refractivity contribution in [1.82, 2.24) is 10.2 Å². The molecule has 1 saturated carbocycles. The van der Waals surface area contributed by atoms with Crippen LogP contribution >= 0.6 is 0 Å². The summed E-state index contributed by atoms with van der Waals surface area (Å²) < 4.78 is 0. The lowest BCUT2D eigenvalue weighted by Gasteiger charge is -2.42. The summed E-state index contributed by atoms with van der Waals surface area (Å²) >= 11 is 0. The quantitative estimate of drug-likeness (QED) is 0.736. The highest BCUT2D eigenvalue weighted by Crippen LogP contribution is 2.43. The van der Waals surface area contributed by atoms with Gasteiger partial charge in [0.15, 0.2) is 0 Å². The minimum Gasteiger partial charge on any atom is -0.481 e. The molecule has 1 fully saturated rings. The fourth-order valence-corrected chi connectivity index (χ4v) is 2.56. The standard InChI is InChI=1S/C15H26N2O3/c1-5-9-17(14(2,3)4)13(20)16-11-15(7-6-8-15)10-12(18)19/h5H,1,6-11H2,2-4H3,(H,16,20)(H,18,19). The fraction of sp³-hybridized carbons (Fsp3) is 0.733. The van der Waals surface area contributed by atoms with E-state index in [-0.39, 0.29) is 23.4 Å². The number of nitrogens with one attached hydrogen (secondary N) is 1. The van der Waals surface area contributed by atoms with Crippen molar-refractivity contribution in [2.75, 3.05) is 13.1 Å². The number of hydrogen-bond acceptors (Lipinski definition) is 2. The fourth-order valence-electron chi connectivity index (χ4n) is 2.56. The molecule has 0 atom stereocenters. The van der Waals surface area contributed by atoms with Gasteiger partial charge in [-0.25, -0.2) is 4.79 Å². The van der Waals surface area contributed by atoms with Crippen molar-refractivity contribution < 1.29 is 14.7 Å². The summed E-state index contributed by atoms with van der Waals surface area (Å²) in [7, 11) is 0. The molecule has 0 aromatic heterocycles. The number of carboxylic acid groups (broad SMARTS) is 1. The van der Waals surface area contributed by atoms with E-state index in [0.717, 1.165) is 19.3 Å². The molecule has 1 rings (SSSR count). The number of carbonyl (C=O) groups is 2. The summed E-state index contributed by atoms with van der Waals surface area (Å²) in [5.74, 6) is -0.794. The van der Waals surface area contributed by atoms with E-state index in [4.69, 9.17) is 5.11 Å². The molecule has 2 amide bonds. The monoisotopic (exact) mass is 282 g/mol. The maximum absolute atomic E-state index is 12.3. The van der Waals surface area contributed by atoms with Gasteiger partial charge in [-0.3, -0.25) is 4.79 Å². The number of aliphatic carboxylic acids is 1. The number of carbonyl (C=O) groups excluding carboxylic acids is 1. The largest absolute Gasteiger partial charge is 0.481 e. The Kier molecular flexibility index (Phi) is 5.20. The zero-order chi connectivity index (χ0) is 15.4. The van der Waals surface area contributed by atoms with Crippen LogP contribution in [-0.4, -0.2) is 40.6 Å². The smallest absolute Gasteiger partial charge is 0.318 e. The lowest BCUT2D eigenvalue weighted by Crippen LogP contribution is -2.53. The van der Waals surface area contributed by atoms with Gasteiger partial charge in [-0.05, 0) is 39.0 Å². The molecule has 0 aromatic carbocycles. The average Bonchev–Trinajstić information content (AvgIpc) is 2.27. The topological polar surface area (TPSA) is 69.6 Å². The summed E-state index contributed by atoms with van der Waals surface area (Å²) in [6.45, 7) is 10.5. The Morgan fingerprint density at radius 2 is 2.00 bits per heavy atom. The van der Waals surface area contributed by atoms with Gasteiger partial charge in [0.2, 0.25) is 0 Å². The molecule has 0 saturated heterocycles. The molecular weight excluding hydrogens is 256 g/mol. The van der Waals surface area contributed by atoms with Gasteiger partial charge in [-0.15, -0.1) is 6.58 Å². The van der Waals surface area contributed by atoms with E-state index < -0.39 is 5.97 Å². The predicted octanol–water partition coefficient (Wildman–Crippen LogP) is 2.63. The van der Waals surface area contributed by atoms with E-state index in [0.29, 0.717) is 13.1 Å². The van der Waals surface area contributed by atoms with Gasteiger partial charge in [0.05, 0.1) is 6.42 Å². The first kappa shape index (κ1) is 16.5. The van der Waals surface area contributed by atoms with Crippen LogP contribution in [0, 0.1) is 5.41 Å². The van der Waals surface area contributed by atoms with Gasteiger partial charge in [-0.1, -0.05) is 12.5 Å². The third-order valence-electron chi connectivity index (χ3n) is 3.92. The Morgan fingerprint density at radius 1 is 1.40 bits per heavy atom. The first-order valence-corrected chi connectivity index (χ1v) is 7.08. The second-order valence-corrected chi connectivity index (χ2v) is 6.65. The van der Waals surface area contributed by atoms with Crippen LogP contribution in [0.4, 0.5) is 4.79 Å². The summed E-state index contributed by atoms with van der Waals surface area (Å²) in [5, 5.41) is 11.9. The highest BCUT2D eigenvalue weighted by atomic mass is 16.4. The Labute approximate surface area is 121 Å². The summed E-state index contributed by atoms with van der Waals surface area (Å²) in [5.41, 5.74) is -0.545. The number of urea groups is 1. The van der Waals surface area contributed by atoms with Crippen molar-refractivity contribution in [1.29, 1.82) is 0 Å². The lowest BCUT2D eigenvalue weighted by atomic mass is 9.66. The molecule has 0 spiro atoms. The SMILES string of the molecule is C=CCN(C(=O)NCC1(CC(=O)O)CCC1)C(C)(C)C. The van der Waals surface area contributed by atoms with Gasteiger partial charge < -0.3 is 15.3 Å². The molecule has 5 heteroatoms. The minimum atomic E-state index is -0.794. The average molecular weight is 282 g/mol. The third-order valence-corrected chi connectivity index (χ3v) is 3.92. The molecule has 0 aromatic rings. The van der Waals surface area contributed by atoms with Gasteiger partial charge in [0, 0.05) is 18.6 Å². The van der Waals surface area contributed by atoms with Crippen LogP contribution < -0.4 is 5.32 Å². The molecular formula is C15H26N2O3. The zero-order valence-electron chi connectivity index (χ0n) is 12.7. The van der Waals surface area contributed by atoms with E-state index in [2.05, 4.69) is 11.9 Å². The summed E-state index contributed by atoms with van der Waals surface area (Å²) in [4.78, 5) is 24.9. The van der Waals surface area contributed by atoms with Crippen LogP contribution in [0.3, 0.4) is 0 Å². The van der Waals surface area contributed by atoms with Crippen LogP contribution in [0.25, 0.3) is 0 Å². The highest BCUT2D eigenvalue weighted by molar-refractivity contribution is 5.75. The Morgan fingerprint density at radius 3 is 2.35 bits per heavy atom. The van der Waals surface area contributed by atoms with Gasteiger partial charge in [0.1, 0.15) is 0 Å². The van der Waals surface area contributed by atoms with Crippen LogP contribution in [-0.2, 0) is 4.79 Å². The Bertz CT molecular complexity index is 381. The summed E-state index contributed by atoms with van der Waals surface area (Å²) in [6, 6.07) is -0.158. The molecule has 0 heterocycles. The number of carboxylic acids is 1. The lowest BCUT2D eigenvalue weighted by molar-refractivity contribution is -0.141. The van der Waals surface area contributed by atoms with E-state index in [1.807, 2.05) is 20.8 Å². The zero-order valence-corrected chi connectivity index (χ0v) is 12.7. The number of hydrogen-bond donors (Lipinski definition) is 2. The molecule has 1 aliphatic rings. The molecule has 2 N–H and O–H groups in total. The highest BCUT2D eigenvalue weighted by Gasteiger charge is 2.39. The molecule has 0 aliphatic heterocycles. The Hall–Kier alpha value is -1.52. The molecule has 0 bridgehead atoms. The normalized spacial score (nSPS) is 16.9. The van der Waals surface area contributed by atoms with Crippen molar-refractivity contribution in [2.24, 2.45) is 5.41 Å². The first-order valence-electron chi connectivity index (χ1n) is 7.08. The molecule has 5 nitrogen and oxygen atoms in total. The number of amides is 2. The minimum absolute atomic E-state index is 0.129. The molecule has 0 unspecified atom stereocenters. The maximum Gasteiger partial charge on any atom is 0.318 e. The van der Waals surface area contributed by atoms with Crippen molar-refractivity contribution in [2.45, 2.75) is 52.0 Å². The van der Waals surface area contributed by atoms with Crippen molar-refractivity contribution >= 4 is 12.0 Å². The Balaban J connectivity index is 2.60. The van der Waals surface area contributed by atoms with Crippen molar-refractivity contribution in [3.8, 4) is 0 Å². The van der Waals surface area contributed by atoms with Crippen LogP contribution in [0.5, 0.6) is 0 Å². The van der Waals surface area contributed by atoms with Crippen LogP contribution in [0.1, 0.15) is 46.5 Å². The maximum atomic E-state index is 12.3. The van der Waals surface area contributed by atoms with Crippen molar-refractivity contribution in [3.05, 3.63) is 12.7 Å². The van der Waals surface area contributed by atoms with Gasteiger partial charge in [0.25, 0.3) is 0 Å². The van der Waals surface area contributed by atoms with E-state index in [9.17, 15) is 9.59 Å². The number of rotatable bonds is 6. The second-order valence-electron chi connectivity index (χ2n) is 6.65. The number of nitrogens with zero attached hydrogens (tertiary/aromatic N) is 1. The van der Waals surface area contributed by atoms with Crippen LogP contribution in [0.2, 0.25) is 0 Å². The van der Waals surface area contributed by atoms with Crippen LogP contribution in [0.15, 0.2) is 12.7 Å². The second kappa shape index (κ2) is 6.29. The van der Waals surface area contributed by atoms with Gasteiger partial charge >= 0.3 is 12.0 Å². The van der Waals surface area contributed by atoms with E-state index in [1.165, 1.54) is 0 Å². The molecule has 1 aliphatic carbocycles. The van der Waals surface area contributed by atoms with Gasteiger partial charge in [-0.2, -0.15) is 0 Å². The summed E-state index contributed by atoms with van der Waals surface area (Å²) in [6.07, 6.45) is 4.61. The molecule has 0 radical (unpaired) electrons. The third kappa shape index (κ3) is 4.25. The molecule has 114 valence electrons. The molecule has 20 heavy (non-hydrogen) atoms.